The fourth-order valence-corrected chi connectivity index (χ4v) is 3.47. The highest BCUT2D eigenvalue weighted by molar-refractivity contribution is 6.04. The van der Waals surface area contributed by atoms with Crippen molar-refractivity contribution in [1.82, 2.24) is 29.4 Å². The molecular weight excluding hydrogens is 409 g/mol. The molecule has 4 aromatic heterocycles. The van der Waals surface area contributed by atoms with Gasteiger partial charge < -0.3 is 5.32 Å². The maximum absolute atomic E-state index is 13.3. The van der Waals surface area contributed by atoms with E-state index in [0.29, 0.717) is 28.4 Å². The van der Waals surface area contributed by atoms with Crippen LogP contribution in [0.25, 0.3) is 28.2 Å². The number of hydrogen-bond acceptors (Lipinski definition) is 5. The number of benzene rings is 1. The summed E-state index contributed by atoms with van der Waals surface area (Å²) in [5, 5.41) is 12.0. The number of pyridine rings is 1. The van der Waals surface area contributed by atoms with Gasteiger partial charge in [-0.2, -0.15) is 10.2 Å². The highest BCUT2D eigenvalue weighted by Gasteiger charge is 2.16. The Morgan fingerprint density at radius 2 is 1.84 bits per heavy atom. The molecule has 5 rings (SSSR count). The topological polar surface area (TPSA) is 90.0 Å². The minimum absolute atomic E-state index is 0.287. The first-order valence-corrected chi connectivity index (χ1v) is 9.86. The molecule has 0 spiro atoms. The van der Waals surface area contributed by atoms with Gasteiger partial charge in [-0.25, -0.2) is 13.9 Å². The molecule has 32 heavy (non-hydrogen) atoms. The second-order valence-electron chi connectivity index (χ2n) is 7.36. The van der Waals surface area contributed by atoms with Gasteiger partial charge in [0.2, 0.25) is 0 Å². The molecule has 0 bridgehead atoms. The van der Waals surface area contributed by atoms with E-state index in [9.17, 15) is 9.18 Å². The Morgan fingerprint density at radius 1 is 1.03 bits per heavy atom. The Labute approximate surface area is 182 Å². The van der Waals surface area contributed by atoms with Crippen LogP contribution in [0.15, 0.2) is 67.3 Å². The maximum atomic E-state index is 13.3. The summed E-state index contributed by atoms with van der Waals surface area (Å²) < 4.78 is 16.6. The molecule has 1 N–H and O–H groups in total. The highest BCUT2D eigenvalue weighted by atomic mass is 19.1. The minimum Gasteiger partial charge on any atom is -0.305 e. The lowest BCUT2D eigenvalue weighted by atomic mass is 10.1. The summed E-state index contributed by atoms with van der Waals surface area (Å²) in [4.78, 5) is 21.0. The zero-order chi connectivity index (χ0) is 22.2. The zero-order valence-corrected chi connectivity index (χ0v) is 17.3. The third kappa shape index (κ3) is 3.60. The third-order valence-corrected chi connectivity index (χ3v) is 5.07. The Hall–Kier alpha value is -4.40. The summed E-state index contributed by atoms with van der Waals surface area (Å²) in [6.45, 7) is 1.85. The van der Waals surface area contributed by atoms with Crippen molar-refractivity contribution >= 4 is 17.4 Å². The number of nitrogens with one attached hydrogen (secondary N) is 1. The van der Waals surface area contributed by atoms with Crippen LogP contribution in [-0.2, 0) is 7.05 Å². The van der Waals surface area contributed by atoms with E-state index in [4.69, 9.17) is 0 Å². The molecule has 0 saturated heterocycles. The number of halogens is 1. The summed E-state index contributed by atoms with van der Waals surface area (Å²) in [7, 11) is 1.82. The van der Waals surface area contributed by atoms with Gasteiger partial charge in [0, 0.05) is 36.8 Å². The van der Waals surface area contributed by atoms with Gasteiger partial charge in [0.25, 0.3) is 5.91 Å². The Bertz CT molecular complexity index is 1450. The number of carbonyl (C=O) groups excluding carboxylic acids is 1. The smallest absolute Gasteiger partial charge is 0.258 e. The number of amides is 1. The van der Waals surface area contributed by atoms with Crippen LogP contribution in [0, 0.1) is 12.7 Å². The van der Waals surface area contributed by atoms with Crippen molar-refractivity contribution in [3.63, 3.8) is 0 Å². The predicted molar refractivity (Wildman–Crippen MR) is 118 cm³/mol. The van der Waals surface area contributed by atoms with Crippen LogP contribution < -0.4 is 5.32 Å². The lowest BCUT2D eigenvalue weighted by Gasteiger charge is -2.03. The molecule has 4 heterocycles. The largest absolute Gasteiger partial charge is 0.305 e. The van der Waals surface area contributed by atoms with Crippen molar-refractivity contribution in [1.29, 1.82) is 0 Å². The molecule has 9 heteroatoms. The quantitative estimate of drug-likeness (QED) is 0.470. The Balaban J connectivity index is 1.48. The van der Waals surface area contributed by atoms with Crippen LogP contribution in [-0.4, -0.2) is 35.3 Å². The molecular formula is C23H18FN7O. The molecule has 0 fully saturated rings. The fraction of sp³-hybridized carbons (Fsp3) is 0.0870. The van der Waals surface area contributed by atoms with Crippen molar-refractivity contribution in [2.75, 3.05) is 5.32 Å². The van der Waals surface area contributed by atoms with Crippen molar-refractivity contribution in [2.24, 2.45) is 7.05 Å². The molecule has 8 nitrogen and oxygen atoms in total. The molecule has 0 aliphatic rings. The summed E-state index contributed by atoms with van der Waals surface area (Å²) in [6.07, 6.45) is 6.67. The van der Waals surface area contributed by atoms with E-state index in [2.05, 4.69) is 25.5 Å². The van der Waals surface area contributed by atoms with Gasteiger partial charge in [-0.15, -0.1) is 0 Å². The summed E-state index contributed by atoms with van der Waals surface area (Å²) >= 11 is 0. The summed E-state index contributed by atoms with van der Waals surface area (Å²) in [5.74, 6) is -0.210. The van der Waals surface area contributed by atoms with Gasteiger partial charge >= 0.3 is 0 Å². The van der Waals surface area contributed by atoms with E-state index >= 15 is 0 Å². The number of fused-ring (bicyclic) bond motifs is 1. The molecule has 0 unspecified atom stereocenters. The number of hydrogen-bond donors (Lipinski definition) is 1. The molecule has 1 amide bonds. The van der Waals surface area contributed by atoms with E-state index in [-0.39, 0.29) is 11.7 Å². The van der Waals surface area contributed by atoms with Gasteiger partial charge in [0.1, 0.15) is 11.5 Å². The molecule has 0 aliphatic carbocycles. The van der Waals surface area contributed by atoms with Crippen LogP contribution in [0.4, 0.5) is 10.2 Å². The second kappa shape index (κ2) is 7.69. The number of carbonyl (C=O) groups is 1. The average Bonchev–Trinajstić information content (AvgIpc) is 3.36. The Morgan fingerprint density at radius 3 is 2.62 bits per heavy atom. The van der Waals surface area contributed by atoms with E-state index in [1.165, 1.54) is 18.3 Å². The normalized spacial score (nSPS) is 11.1. The first-order valence-electron chi connectivity index (χ1n) is 9.86. The van der Waals surface area contributed by atoms with Gasteiger partial charge in [0.05, 0.1) is 17.5 Å². The second-order valence-corrected chi connectivity index (χ2v) is 7.36. The molecule has 0 radical (unpaired) electrons. The molecule has 0 atom stereocenters. The molecule has 1 aromatic carbocycles. The number of imidazole rings is 1. The molecule has 5 aromatic rings. The molecule has 0 aliphatic heterocycles. The first kappa shape index (κ1) is 19.6. The maximum Gasteiger partial charge on any atom is 0.258 e. The van der Waals surface area contributed by atoms with Crippen molar-refractivity contribution < 1.29 is 9.18 Å². The number of nitrogens with zero attached hydrogens (tertiary/aromatic N) is 6. The van der Waals surface area contributed by atoms with Gasteiger partial charge in [-0.05, 0) is 55.0 Å². The lowest BCUT2D eigenvalue weighted by molar-refractivity contribution is 0.102. The van der Waals surface area contributed by atoms with E-state index in [1.807, 2.05) is 32.3 Å². The number of aryl methyl sites for hydroxylation is 2. The van der Waals surface area contributed by atoms with E-state index in [1.54, 1.807) is 39.8 Å². The van der Waals surface area contributed by atoms with Crippen LogP contribution in [0.3, 0.4) is 0 Å². The number of anilines is 1. The van der Waals surface area contributed by atoms with Gasteiger partial charge in [0.15, 0.2) is 11.5 Å². The van der Waals surface area contributed by atoms with Crippen LogP contribution >= 0.6 is 0 Å². The SMILES string of the molecule is Cc1ccncc1C(=O)Nc1cn2nc(-c3cn(C)nc3-c3ccc(F)cc3)ccc2n1. The van der Waals surface area contributed by atoms with Crippen molar-refractivity contribution in [3.05, 3.63) is 84.2 Å². The predicted octanol–water partition coefficient (Wildman–Crippen LogP) is 3.89. The fourth-order valence-electron chi connectivity index (χ4n) is 3.47. The summed E-state index contributed by atoms with van der Waals surface area (Å²) in [6, 6.07) is 11.6. The third-order valence-electron chi connectivity index (χ3n) is 5.07. The minimum atomic E-state index is -0.305. The first-order chi connectivity index (χ1) is 15.5. The van der Waals surface area contributed by atoms with Crippen molar-refractivity contribution in [3.8, 4) is 22.5 Å². The lowest BCUT2D eigenvalue weighted by Crippen LogP contribution is -2.13. The average molecular weight is 427 g/mol. The van der Waals surface area contributed by atoms with Crippen LogP contribution in [0.1, 0.15) is 15.9 Å². The number of rotatable bonds is 4. The highest BCUT2D eigenvalue weighted by Crippen LogP contribution is 2.30. The van der Waals surface area contributed by atoms with E-state index < -0.39 is 0 Å². The monoisotopic (exact) mass is 427 g/mol. The Kier molecular flexibility index (Phi) is 4.70. The number of aromatic nitrogens is 6. The van der Waals surface area contributed by atoms with Crippen LogP contribution in [0.2, 0.25) is 0 Å². The zero-order valence-electron chi connectivity index (χ0n) is 17.3. The standard InChI is InChI=1S/C23H18FN7O/c1-14-9-10-25-11-17(14)23(32)27-20-13-31-21(26-20)8-7-19(28-31)18-12-30(2)29-22(18)15-3-5-16(24)6-4-15/h3-13H,1-2H3,(H,27,32). The van der Waals surface area contributed by atoms with Gasteiger partial charge in [-0.1, -0.05) is 0 Å². The van der Waals surface area contributed by atoms with E-state index in [0.717, 1.165) is 16.7 Å². The van der Waals surface area contributed by atoms with Gasteiger partial charge in [-0.3, -0.25) is 14.5 Å². The molecule has 0 saturated carbocycles. The summed E-state index contributed by atoms with van der Waals surface area (Å²) in [5.41, 5.74) is 4.84. The molecule has 158 valence electrons. The van der Waals surface area contributed by atoms with Crippen LogP contribution in [0.5, 0.6) is 0 Å². The van der Waals surface area contributed by atoms with Crippen molar-refractivity contribution in [2.45, 2.75) is 6.92 Å².